The van der Waals surface area contributed by atoms with Crippen LogP contribution in [0.2, 0.25) is 0 Å². The van der Waals surface area contributed by atoms with Crippen LogP contribution in [-0.4, -0.2) is 43.5 Å². The zero-order valence-electron chi connectivity index (χ0n) is 15.2. The molecule has 0 fully saturated rings. The minimum Gasteiger partial charge on any atom is -0.491 e. The monoisotopic (exact) mass is 354 g/mol. The quantitative estimate of drug-likeness (QED) is 0.897. The fourth-order valence-electron chi connectivity index (χ4n) is 2.68. The highest BCUT2D eigenvalue weighted by atomic mass is 16.5. The third-order valence-corrected chi connectivity index (χ3v) is 4.24. The van der Waals surface area contributed by atoms with Crippen molar-refractivity contribution in [2.45, 2.75) is 13.8 Å². The number of carbonyl (C=O) groups is 2. The predicted octanol–water partition coefficient (Wildman–Crippen LogP) is 2.79. The molecule has 1 N–H and O–H groups in total. The lowest BCUT2D eigenvalue weighted by atomic mass is 10.1. The van der Waals surface area contributed by atoms with Gasteiger partial charge in [-0.15, -0.1) is 0 Å². The molecule has 0 unspecified atom stereocenters. The Morgan fingerprint density at radius 2 is 2.04 bits per heavy atom. The lowest BCUT2D eigenvalue weighted by Gasteiger charge is -2.21. The molecule has 0 radical (unpaired) electrons. The molecule has 0 aromatic heterocycles. The van der Waals surface area contributed by atoms with Crippen LogP contribution < -0.4 is 14.8 Å². The number of amides is 2. The van der Waals surface area contributed by atoms with E-state index in [1.54, 1.807) is 30.1 Å². The molecular formula is C20H22N2O4. The van der Waals surface area contributed by atoms with E-state index in [1.807, 2.05) is 32.0 Å². The molecule has 0 aliphatic carbocycles. The smallest absolute Gasteiger partial charge is 0.262 e. The summed E-state index contributed by atoms with van der Waals surface area (Å²) in [7, 11) is 1.73. The number of aryl methyl sites for hydroxylation is 2. The van der Waals surface area contributed by atoms with Gasteiger partial charge in [0.1, 0.15) is 18.1 Å². The van der Waals surface area contributed by atoms with E-state index in [1.165, 1.54) is 0 Å². The fraction of sp³-hybridized carbons (Fsp3) is 0.300. The Bertz CT molecular complexity index is 848. The Kier molecular flexibility index (Phi) is 5.11. The number of nitrogens with one attached hydrogen (secondary N) is 1. The van der Waals surface area contributed by atoms with Gasteiger partial charge < -0.3 is 19.7 Å². The van der Waals surface area contributed by atoms with Crippen LogP contribution in [0.25, 0.3) is 0 Å². The molecule has 1 aliphatic rings. The fourth-order valence-corrected chi connectivity index (χ4v) is 2.68. The first-order chi connectivity index (χ1) is 12.4. The van der Waals surface area contributed by atoms with Crippen molar-refractivity contribution in [2.75, 3.05) is 32.1 Å². The van der Waals surface area contributed by atoms with E-state index in [0.717, 1.165) is 16.9 Å². The van der Waals surface area contributed by atoms with Gasteiger partial charge in [0, 0.05) is 12.6 Å². The molecule has 2 amide bonds. The van der Waals surface area contributed by atoms with Gasteiger partial charge in [0.25, 0.3) is 11.8 Å². The van der Waals surface area contributed by atoms with E-state index in [4.69, 9.17) is 9.47 Å². The Hall–Kier alpha value is -3.02. The molecule has 6 heteroatoms. The topological polar surface area (TPSA) is 67.9 Å². The van der Waals surface area contributed by atoms with Gasteiger partial charge >= 0.3 is 0 Å². The van der Waals surface area contributed by atoms with Crippen LogP contribution in [0.4, 0.5) is 5.69 Å². The summed E-state index contributed by atoms with van der Waals surface area (Å²) in [5.41, 5.74) is 3.29. The molecule has 26 heavy (non-hydrogen) atoms. The van der Waals surface area contributed by atoms with E-state index in [2.05, 4.69) is 5.32 Å². The highest BCUT2D eigenvalue weighted by Gasteiger charge is 2.19. The number of anilines is 1. The first kappa shape index (κ1) is 17.8. The van der Waals surface area contributed by atoms with Crippen LogP contribution in [0, 0.1) is 13.8 Å². The van der Waals surface area contributed by atoms with Crippen LogP contribution >= 0.6 is 0 Å². The highest BCUT2D eigenvalue weighted by molar-refractivity contribution is 5.98. The van der Waals surface area contributed by atoms with Gasteiger partial charge in [-0.25, -0.2) is 0 Å². The normalized spacial score (nSPS) is 12.7. The lowest BCUT2D eigenvalue weighted by molar-refractivity contribution is -0.118. The van der Waals surface area contributed by atoms with Crippen LogP contribution in [0.1, 0.15) is 21.5 Å². The van der Waals surface area contributed by atoms with Crippen molar-refractivity contribution in [1.29, 1.82) is 0 Å². The third-order valence-electron chi connectivity index (χ3n) is 4.24. The SMILES string of the molecule is Cc1ccc(C)c(OCCN(C)C(=O)c2ccc3c(c2)OCC(=O)N3)c1. The Morgan fingerprint density at radius 3 is 2.85 bits per heavy atom. The molecule has 0 atom stereocenters. The molecular weight excluding hydrogens is 332 g/mol. The van der Waals surface area contributed by atoms with Crippen molar-refractivity contribution in [3.63, 3.8) is 0 Å². The van der Waals surface area contributed by atoms with E-state index in [0.29, 0.717) is 30.2 Å². The molecule has 1 aliphatic heterocycles. The summed E-state index contributed by atoms with van der Waals surface area (Å²) in [6.45, 7) is 4.84. The number of hydrogen-bond acceptors (Lipinski definition) is 4. The summed E-state index contributed by atoms with van der Waals surface area (Å²) in [5.74, 6) is 1.02. The number of rotatable bonds is 5. The molecule has 2 aromatic rings. The summed E-state index contributed by atoms with van der Waals surface area (Å²) in [6.07, 6.45) is 0. The number of hydrogen-bond donors (Lipinski definition) is 1. The second kappa shape index (κ2) is 7.47. The first-order valence-electron chi connectivity index (χ1n) is 8.46. The third kappa shape index (κ3) is 3.96. The zero-order chi connectivity index (χ0) is 18.7. The van der Waals surface area contributed by atoms with Crippen LogP contribution in [0.3, 0.4) is 0 Å². The van der Waals surface area contributed by atoms with Crippen LogP contribution in [-0.2, 0) is 4.79 Å². The van der Waals surface area contributed by atoms with Crippen molar-refractivity contribution < 1.29 is 19.1 Å². The number of ether oxygens (including phenoxy) is 2. The molecule has 0 bridgehead atoms. The number of carbonyl (C=O) groups excluding carboxylic acids is 2. The van der Waals surface area contributed by atoms with Crippen molar-refractivity contribution in [3.05, 3.63) is 53.1 Å². The molecule has 1 heterocycles. The Morgan fingerprint density at radius 1 is 1.23 bits per heavy atom. The maximum absolute atomic E-state index is 12.6. The molecule has 0 saturated heterocycles. The molecule has 6 nitrogen and oxygen atoms in total. The van der Waals surface area contributed by atoms with Gasteiger partial charge in [-0.3, -0.25) is 9.59 Å². The van der Waals surface area contributed by atoms with Gasteiger partial charge in [0.2, 0.25) is 0 Å². The largest absolute Gasteiger partial charge is 0.491 e. The number of nitrogens with zero attached hydrogens (tertiary/aromatic N) is 1. The minimum atomic E-state index is -0.197. The van der Waals surface area contributed by atoms with Crippen molar-refractivity contribution in [2.24, 2.45) is 0 Å². The van der Waals surface area contributed by atoms with Crippen molar-refractivity contribution in [3.8, 4) is 11.5 Å². The predicted molar refractivity (Wildman–Crippen MR) is 98.9 cm³/mol. The minimum absolute atomic E-state index is 0.0375. The summed E-state index contributed by atoms with van der Waals surface area (Å²) < 4.78 is 11.2. The van der Waals surface area contributed by atoms with Gasteiger partial charge in [-0.05, 0) is 49.2 Å². The average Bonchev–Trinajstić information content (AvgIpc) is 2.63. The average molecular weight is 354 g/mol. The van der Waals surface area contributed by atoms with Gasteiger partial charge in [0.05, 0.1) is 12.2 Å². The number of likely N-dealkylation sites (N-methyl/N-ethyl adjacent to an activating group) is 1. The summed E-state index contributed by atoms with van der Waals surface area (Å²) in [4.78, 5) is 25.5. The summed E-state index contributed by atoms with van der Waals surface area (Å²) in [5, 5.41) is 2.71. The van der Waals surface area contributed by atoms with E-state index in [9.17, 15) is 9.59 Å². The first-order valence-corrected chi connectivity index (χ1v) is 8.46. The highest BCUT2D eigenvalue weighted by Crippen LogP contribution is 2.28. The molecule has 0 saturated carbocycles. The number of benzene rings is 2. The number of fused-ring (bicyclic) bond motifs is 1. The zero-order valence-corrected chi connectivity index (χ0v) is 15.2. The Balaban J connectivity index is 1.59. The lowest BCUT2D eigenvalue weighted by Crippen LogP contribution is -2.31. The Labute approximate surface area is 152 Å². The summed E-state index contributed by atoms with van der Waals surface area (Å²) in [6, 6.07) is 11.1. The van der Waals surface area contributed by atoms with E-state index < -0.39 is 0 Å². The van der Waals surface area contributed by atoms with Crippen molar-refractivity contribution >= 4 is 17.5 Å². The van der Waals surface area contributed by atoms with Gasteiger partial charge in [-0.1, -0.05) is 12.1 Å². The van der Waals surface area contributed by atoms with Crippen molar-refractivity contribution in [1.82, 2.24) is 4.90 Å². The van der Waals surface area contributed by atoms with E-state index in [-0.39, 0.29) is 18.4 Å². The molecule has 3 rings (SSSR count). The van der Waals surface area contributed by atoms with Crippen LogP contribution in [0.5, 0.6) is 11.5 Å². The second-order valence-electron chi connectivity index (χ2n) is 6.39. The molecule has 2 aromatic carbocycles. The molecule has 0 spiro atoms. The second-order valence-corrected chi connectivity index (χ2v) is 6.39. The summed E-state index contributed by atoms with van der Waals surface area (Å²) >= 11 is 0. The standard InChI is InChI=1S/C20H22N2O4/c1-13-4-5-14(2)17(10-13)25-9-8-22(3)20(24)15-6-7-16-18(11-15)26-12-19(23)21-16/h4-7,10-11H,8-9,12H2,1-3H3,(H,21,23). The van der Waals surface area contributed by atoms with E-state index >= 15 is 0 Å². The van der Waals surface area contributed by atoms with Gasteiger partial charge in [-0.2, -0.15) is 0 Å². The van der Waals surface area contributed by atoms with Gasteiger partial charge in [0.15, 0.2) is 6.61 Å². The molecule has 136 valence electrons. The maximum atomic E-state index is 12.6. The van der Waals surface area contributed by atoms with Crippen LogP contribution in [0.15, 0.2) is 36.4 Å². The maximum Gasteiger partial charge on any atom is 0.262 e.